The van der Waals surface area contributed by atoms with Gasteiger partial charge in [-0.05, 0) is 11.6 Å². The molecule has 1 aromatic rings. The number of amides is 2. The number of likely N-dealkylation sites (tertiary alicyclic amines) is 1. The van der Waals surface area contributed by atoms with Gasteiger partial charge in [-0.15, -0.1) is 11.8 Å². The van der Waals surface area contributed by atoms with E-state index >= 15 is 0 Å². The van der Waals surface area contributed by atoms with E-state index in [2.05, 4.69) is 31.7 Å². The lowest BCUT2D eigenvalue weighted by Crippen LogP contribution is -2.71. The van der Waals surface area contributed by atoms with Gasteiger partial charge in [0, 0.05) is 30.1 Å². The number of hydrogen-bond acceptors (Lipinski definition) is 10. The van der Waals surface area contributed by atoms with Gasteiger partial charge in [-0.1, -0.05) is 11.2 Å². The van der Waals surface area contributed by atoms with Gasteiger partial charge in [0.25, 0.3) is 18.7 Å². The molecule has 4 heterocycles. The fourth-order valence-electron chi connectivity index (χ4n) is 4.32. The van der Waals surface area contributed by atoms with Crippen molar-refractivity contribution in [1.82, 2.24) is 19.6 Å². The van der Waals surface area contributed by atoms with Crippen molar-refractivity contribution in [3.8, 4) is 0 Å². The number of quaternary nitrogens is 1. The quantitative estimate of drug-likeness (QED) is 0.178. The Kier molecular flexibility index (Phi) is 7.37. The van der Waals surface area contributed by atoms with E-state index in [1.165, 1.54) is 29.5 Å². The topological polar surface area (TPSA) is 160 Å². The summed E-state index contributed by atoms with van der Waals surface area (Å²) in [6.45, 7) is 1.67. The Morgan fingerprint density at radius 3 is 2.80 bits per heavy atom. The number of fused-ring (bicyclic) bond motifs is 1. The Bertz CT molecular complexity index is 1120. The molecule has 4 rings (SSSR count). The minimum atomic E-state index is -1.29. The minimum absolute atomic E-state index is 0.0621. The van der Waals surface area contributed by atoms with Crippen molar-refractivity contribution in [3.63, 3.8) is 0 Å². The maximum atomic E-state index is 12.9. The van der Waals surface area contributed by atoms with Crippen LogP contribution in [0.3, 0.4) is 0 Å². The Morgan fingerprint density at radius 1 is 1.43 bits per heavy atom. The molecular formula is C20H25FN7O5S2+. The smallest absolute Gasteiger partial charge is 0.352 e. The number of carbonyl (C=O) groups excluding carboxylic acids is 2. The molecule has 0 saturated carbocycles. The number of β-lactam (4-membered cyclic amide) rings is 1. The van der Waals surface area contributed by atoms with Gasteiger partial charge in [0.1, 0.15) is 17.1 Å². The summed E-state index contributed by atoms with van der Waals surface area (Å²) in [7, 11) is 2.17. The van der Waals surface area contributed by atoms with E-state index in [1.54, 1.807) is 6.08 Å². The standard InChI is InChI=1S/C20H24FN7O5S2/c1-28(6-2-3-7-28)8-4-5-11-9-34-18-13(17(30)27(18)14(11)19(31)32)23-16(29)12(25-33-10-21)15-24-20(22)35-26-15/h4-5,13,18H,2-3,6-10H2,1H3,(H3-,22,23,24,26,29,31,32)/p+1/t13-,18+/m1/s1. The first-order valence-electron chi connectivity index (χ1n) is 10.8. The Balaban J connectivity index is 1.48. The van der Waals surface area contributed by atoms with Crippen LogP contribution in [0.15, 0.2) is 28.6 Å². The molecule has 35 heavy (non-hydrogen) atoms. The molecule has 2 fully saturated rings. The number of halogens is 1. The number of oxime groups is 1. The molecule has 12 nitrogen and oxygen atoms in total. The van der Waals surface area contributed by atoms with Crippen molar-refractivity contribution in [1.29, 1.82) is 0 Å². The van der Waals surface area contributed by atoms with Crippen LogP contribution >= 0.6 is 23.3 Å². The number of allylic oxidation sites excluding steroid dienone is 1. The first kappa shape index (κ1) is 25.1. The predicted octanol–water partition coefficient (Wildman–Crippen LogP) is 0.303. The van der Waals surface area contributed by atoms with Crippen molar-refractivity contribution < 1.29 is 33.2 Å². The predicted molar refractivity (Wildman–Crippen MR) is 127 cm³/mol. The minimum Gasteiger partial charge on any atom is -0.477 e. The van der Waals surface area contributed by atoms with Crippen LogP contribution in [0.25, 0.3) is 0 Å². The van der Waals surface area contributed by atoms with Crippen molar-refractivity contribution in [2.45, 2.75) is 24.3 Å². The summed E-state index contributed by atoms with van der Waals surface area (Å²) in [6.07, 6.45) is 6.11. The van der Waals surface area contributed by atoms with Crippen molar-refractivity contribution in [2.75, 3.05) is 45.0 Å². The molecule has 1 aromatic heterocycles. The molecule has 188 valence electrons. The molecule has 4 N–H and O–H groups in total. The number of alkyl halides is 1. The van der Waals surface area contributed by atoms with E-state index in [0.29, 0.717) is 11.3 Å². The monoisotopic (exact) mass is 526 g/mol. The van der Waals surface area contributed by atoms with Crippen LogP contribution in [0.5, 0.6) is 0 Å². The summed E-state index contributed by atoms with van der Waals surface area (Å²) in [5, 5.41) is 15.2. The number of likely N-dealkylation sites (N-methyl/N-ethyl adjacent to an activating group) is 1. The molecule has 0 aromatic carbocycles. The summed E-state index contributed by atoms with van der Waals surface area (Å²) in [4.78, 5) is 47.1. The van der Waals surface area contributed by atoms with E-state index in [1.807, 2.05) is 6.08 Å². The van der Waals surface area contributed by atoms with Gasteiger partial charge in [-0.2, -0.15) is 9.36 Å². The third-order valence-corrected chi connectivity index (χ3v) is 7.92. The number of carboxylic acid groups (broad SMARTS) is 1. The zero-order valence-corrected chi connectivity index (χ0v) is 20.5. The van der Waals surface area contributed by atoms with E-state index in [4.69, 9.17) is 5.73 Å². The molecule has 15 heteroatoms. The lowest BCUT2D eigenvalue weighted by molar-refractivity contribution is -0.891. The Labute approximate surface area is 208 Å². The summed E-state index contributed by atoms with van der Waals surface area (Å²) in [5.41, 5.74) is 5.55. The van der Waals surface area contributed by atoms with E-state index < -0.39 is 41.8 Å². The molecule has 0 unspecified atom stereocenters. The number of carboxylic acids is 1. The maximum absolute atomic E-state index is 12.9. The second-order valence-corrected chi connectivity index (χ2v) is 10.4. The zero-order valence-electron chi connectivity index (χ0n) is 18.8. The van der Waals surface area contributed by atoms with Gasteiger partial charge in [-0.3, -0.25) is 14.5 Å². The second-order valence-electron chi connectivity index (χ2n) is 8.53. The average molecular weight is 527 g/mol. The molecule has 0 spiro atoms. The molecule has 3 aliphatic rings. The Hall–Kier alpha value is -3.04. The average Bonchev–Trinajstić information content (AvgIpc) is 3.45. The number of aliphatic carboxylic acids is 1. The highest BCUT2D eigenvalue weighted by molar-refractivity contribution is 8.00. The summed E-state index contributed by atoms with van der Waals surface area (Å²) >= 11 is 2.15. The van der Waals surface area contributed by atoms with Gasteiger partial charge in [0.15, 0.2) is 5.13 Å². The number of nitrogen functional groups attached to an aromatic ring is 1. The summed E-state index contributed by atoms with van der Waals surface area (Å²) in [5.74, 6) is -2.47. The molecule has 0 radical (unpaired) electrons. The van der Waals surface area contributed by atoms with E-state index in [0.717, 1.165) is 35.6 Å². The number of anilines is 1. The number of nitrogens with two attached hydrogens (primary N) is 1. The lowest BCUT2D eigenvalue weighted by atomic mass is 10.0. The summed E-state index contributed by atoms with van der Waals surface area (Å²) < 4.78 is 17.2. The van der Waals surface area contributed by atoms with Crippen molar-refractivity contribution in [3.05, 3.63) is 29.2 Å². The molecule has 0 aliphatic carbocycles. The molecule has 2 amide bonds. The fourth-order valence-corrected chi connectivity index (χ4v) is 6.07. The maximum Gasteiger partial charge on any atom is 0.352 e. The Morgan fingerprint density at radius 2 is 2.17 bits per heavy atom. The van der Waals surface area contributed by atoms with Crippen molar-refractivity contribution >= 4 is 51.9 Å². The van der Waals surface area contributed by atoms with Gasteiger partial charge >= 0.3 is 5.97 Å². The van der Waals surface area contributed by atoms with Crippen LogP contribution in [0.2, 0.25) is 0 Å². The lowest BCUT2D eigenvalue weighted by Gasteiger charge is -2.49. The molecule has 0 bridgehead atoms. The van der Waals surface area contributed by atoms with Crippen LogP contribution in [0.4, 0.5) is 9.52 Å². The van der Waals surface area contributed by atoms with Crippen LogP contribution in [-0.2, 0) is 19.2 Å². The van der Waals surface area contributed by atoms with Gasteiger partial charge in [0.05, 0.1) is 26.7 Å². The largest absolute Gasteiger partial charge is 0.477 e. The summed E-state index contributed by atoms with van der Waals surface area (Å²) in [6, 6.07) is -1.01. The highest BCUT2D eigenvalue weighted by Crippen LogP contribution is 2.40. The number of carbonyl (C=O) groups is 3. The first-order chi connectivity index (χ1) is 16.7. The van der Waals surface area contributed by atoms with Crippen LogP contribution in [0.1, 0.15) is 18.7 Å². The molecule has 2 saturated heterocycles. The fraction of sp³-hybridized carbons (Fsp3) is 0.500. The number of nitrogens with one attached hydrogen (secondary N) is 1. The highest BCUT2D eigenvalue weighted by Gasteiger charge is 2.54. The SMILES string of the molecule is C[N+]1(CC=CC2=C(C(=O)O)N3C(=O)[C@@H](NC(=O)C(=NOCF)c4nsc(N)n4)[C@@H]3SC2)CCCC1. The van der Waals surface area contributed by atoms with E-state index in [9.17, 15) is 23.9 Å². The van der Waals surface area contributed by atoms with Crippen LogP contribution in [0, 0.1) is 0 Å². The van der Waals surface area contributed by atoms with Gasteiger partial charge in [0.2, 0.25) is 11.5 Å². The normalized spacial score (nSPS) is 23.9. The number of hydrogen-bond donors (Lipinski definition) is 3. The van der Waals surface area contributed by atoms with Gasteiger partial charge < -0.3 is 25.5 Å². The number of aromatic nitrogens is 2. The second kappa shape index (κ2) is 10.3. The molecular weight excluding hydrogens is 501 g/mol. The van der Waals surface area contributed by atoms with E-state index in [-0.39, 0.29) is 16.7 Å². The van der Waals surface area contributed by atoms with Crippen molar-refractivity contribution in [2.24, 2.45) is 5.16 Å². The zero-order chi connectivity index (χ0) is 25.2. The van der Waals surface area contributed by atoms with Crippen LogP contribution in [-0.4, -0.2) is 98.1 Å². The van der Waals surface area contributed by atoms with Crippen LogP contribution < -0.4 is 11.1 Å². The third kappa shape index (κ3) is 5.16. The molecule has 3 aliphatic heterocycles. The number of nitrogens with zero attached hydrogens (tertiary/aromatic N) is 5. The number of rotatable bonds is 9. The highest BCUT2D eigenvalue weighted by atomic mass is 32.2. The van der Waals surface area contributed by atoms with Gasteiger partial charge in [-0.25, -0.2) is 9.18 Å². The molecule has 2 atom stereocenters. The first-order valence-corrected chi connectivity index (χ1v) is 12.6. The number of thioether (sulfide) groups is 1. The third-order valence-electron chi connectivity index (χ3n) is 6.07.